The van der Waals surface area contributed by atoms with Crippen LogP contribution in [-0.2, 0) is 4.74 Å². The topological polar surface area (TPSA) is 64.4 Å². The molecule has 18 heavy (non-hydrogen) atoms. The maximum absolute atomic E-state index is 11.9. The van der Waals surface area contributed by atoms with Crippen LogP contribution in [0, 0.1) is 0 Å². The molecule has 1 aromatic rings. The Labute approximate surface area is 111 Å². The van der Waals surface area contributed by atoms with Crippen molar-refractivity contribution >= 4 is 23.2 Å². The molecule has 0 saturated carbocycles. The van der Waals surface area contributed by atoms with Crippen LogP contribution in [0.25, 0.3) is 0 Å². The predicted molar refractivity (Wildman–Crippen MR) is 71.8 cm³/mol. The molecule has 1 aliphatic heterocycles. The Hall–Kier alpha value is -1.26. The number of carbonyl (C=O) groups excluding carboxylic acids is 1. The van der Waals surface area contributed by atoms with Crippen molar-refractivity contribution < 1.29 is 9.53 Å². The molecule has 1 heterocycles. The number of halogens is 1. The van der Waals surface area contributed by atoms with E-state index in [0.717, 1.165) is 19.4 Å². The second-order valence-electron chi connectivity index (χ2n) is 4.82. The van der Waals surface area contributed by atoms with Gasteiger partial charge in [-0.05, 0) is 38.0 Å². The average molecular weight is 269 g/mol. The van der Waals surface area contributed by atoms with Gasteiger partial charge in [0.25, 0.3) is 5.91 Å². The summed E-state index contributed by atoms with van der Waals surface area (Å²) in [6, 6.07) is 4.86. The third-order valence-corrected chi connectivity index (χ3v) is 3.53. The van der Waals surface area contributed by atoms with E-state index in [1.807, 2.05) is 6.92 Å². The van der Waals surface area contributed by atoms with Crippen molar-refractivity contribution in [3.63, 3.8) is 0 Å². The van der Waals surface area contributed by atoms with Gasteiger partial charge in [-0.25, -0.2) is 0 Å². The first kappa shape index (κ1) is 13.2. The zero-order valence-electron chi connectivity index (χ0n) is 10.3. The van der Waals surface area contributed by atoms with Gasteiger partial charge in [0.1, 0.15) is 0 Å². The summed E-state index contributed by atoms with van der Waals surface area (Å²) in [7, 11) is 0. The van der Waals surface area contributed by atoms with Gasteiger partial charge in [0.15, 0.2) is 0 Å². The summed E-state index contributed by atoms with van der Waals surface area (Å²) in [5.74, 6) is -0.157. The van der Waals surface area contributed by atoms with Crippen LogP contribution in [0.3, 0.4) is 0 Å². The Bertz CT molecular complexity index is 456. The molecule has 1 aromatic carbocycles. The van der Waals surface area contributed by atoms with E-state index in [0.29, 0.717) is 22.8 Å². The maximum atomic E-state index is 11.9. The molecule has 1 unspecified atom stereocenters. The number of benzene rings is 1. The van der Waals surface area contributed by atoms with Crippen molar-refractivity contribution in [2.45, 2.75) is 25.4 Å². The summed E-state index contributed by atoms with van der Waals surface area (Å²) in [5.41, 5.74) is 6.35. The molecule has 0 aliphatic carbocycles. The molecule has 1 amide bonds. The molecule has 0 spiro atoms. The van der Waals surface area contributed by atoms with Gasteiger partial charge in [-0.2, -0.15) is 0 Å². The molecule has 1 atom stereocenters. The average Bonchev–Trinajstić information content (AvgIpc) is 2.77. The van der Waals surface area contributed by atoms with E-state index in [1.165, 1.54) is 0 Å². The Morgan fingerprint density at radius 1 is 1.61 bits per heavy atom. The minimum atomic E-state index is -0.242. The second-order valence-corrected chi connectivity index (χ2v) is 5.23. The minimum Gasteiger partial charge on any atom is -0.398 e. The third-order valence-electron chi connectivity index (χ3n) is 3.18. The summed E-state index contributed by atoms with van der Waals surface area (Å²) < 4.78 is 5.61. The van der Waals surface area contributed by atoms with E-state index >= 15 is 0 Å². The van der Waals surface area contributed by atoms with Crippen molar-refractivity contribution in [3.8, 4) is 0 Å². The number of rotatable bonds is 3. The second kappa shape index (κ2) is 5.16. The number of nitrogens with two attached hydrogens (primary N) is 1. The highest BCUT2D eigenvalue weighted by molar-refractivity contribution is 6.33. The lowest BCUT2D eigenvalue weighted by molar-refractivity contribution is 0.0206. The third kappa shape index (κ3) is 2.94. The highest BCUT2D eigenvalue weighted by atomic mass is 35.5. The monoisotopic (exact) mass is 268 g/mol. The smallest absolute Gasteiger partial charge is 0.251 e. The Morgan fingerprint density at radius 3 is 3.00 bits per heavy atom. The van der Waals surface area contributed by atoms with Crippen LogP contribution in [0.1, 0.15) is 30.1 Å². The Kier molecular flexibility index (Phi) is 3.78. The van der Waals surface area contributed by atoms with E-state index in [1.54, 1.807) is 18.2 Å². The molecule has 0 aromatic heterocycles. The molecule has 1 saturated heterocycles. The number of ether oxygens (including phenoxy) is 1. The Balaban J connectivity index is 1.97. The van der Waals surface area contributed by atoms with Gasteiger partial charge in [-0.1, -0.05) is 11.6 Å². The highest BCUT2D eigenvalue weighted by Gasteiger charge is 2.30. The lowest BCUT2D eigenvalue weighted by Gasteiger charge is -2.23. The Morgan fingerprint density at radius 2 is 2.39 bits per heavy atom. The van der Waals surface area contributed by atoms with Crippen molar-refractivity contribution in [2.24, 2.45) is 0 Å². The van der Waals surface area contributed by atoms with E-state index in [-0.39, 0.29) is 11.5 Å². The van der Waals surface area contributed by atoms with Crippen LogP contribution >= 0.6 is 11.6 Å². The van der Waals surface area contributed by atoms with Gasteiger partial charge in [-0.15, -0.1) is 0 Å². The van der Waals surface area contributed by atoms with Crippen molar-refractivity contribution in [1.29, 1.82) is 0 Å². The van der Waals surface area contributed by atoms with Gasteiger partial charge in [0, 0.05) is 18.7 Å². The summed E-state index contributed by atoms with van der Waals surface area (Å²) in [6.07, 6.45) is 2.01. The van der Waals surface area contributed by atoms with Crippen LogP contribution in [-0.4, -0.2) is 24.7 Å². The molecule has 2 rings (SSSR count). The number of hydrogen-bond donors (Lipinski definition) is 2. The fraction of sp³-hybridized carbons (Fsp3) is 0.462. The van der Waals surface area contributed by atoms with Gasteiger partial charge in [0.2, 0.25) is 0 Å². The predicted octanol–water partition coefficient (Wildman–Crippen LogP) is 2.22. The van der Waals surface area contributed by atoms with E-state index in [9.17, 15) is 4.79 Å². The van der Waals surface area contributed by atoms with Crippen LogP contribution in [0.4, 0.5) is 5.69 Å². The number of anilines is 1. The fourth-order valence-electron chi connectivity index (χ4n) is 2.03. The van der Waals surface area contributed by atoms with Crippen LogP contribution in [0.15, 0.2) is 18.2 Å². The molecule has 5 heteroatoms. The standard InChI is InChI=1S/C13H17ClN2O2/c1-13(5-2-6-18-13)8-16-12(17)9-3-4-10(14)11(15)7-9/h3-4,7H,2,5-6,8,15H2,1H3,(H,16,17). The van der Waals surface area contributed by atoms with Gasteiger partial charge in [-0.3, -0.25) is 4.79 Å². The normalized spacial score (nSPS) is 23.0. The first-order valence-electron chi connectivity index (χ1n) is 5.97. The molecule has 0 bridgehead atoms. The molecular weight excluding hydrogens is 252 g/mol. The first-order chi connectivity index (χ1) is 8.50. The fourth-order valence-corrected chi connectivity index (χ4v) is 2.15. The summed E-state index contributed by atoms with van der Waals surface area (Å²) in [6.45, 7) is 3.28. The van der Waals surface area contributed by atoms with Gasteiger partial charge >= 0.3 is 0 Å². The minimum absolute atomic E-state index is 0.157. The molecule has 98 valence electrons. The van der Waals surface area contributed by atoms with Crippen LogP contribution in [0.5, 0.6) is 0 Å². The van der Waals surface area contributed by atoms with Crippen molar-refractivity contribution in [2.75, 3.05) is 18.9 Å². The number of carbonyl (C=O) groups is 1. The molecular formula is C13H17ClN2O2. The number of hydrogen-bond acceptors (Lipinski definition) is 3. The SMILES string of the molecule is CC1(CNC(=O)c2ccc(Cl)c(N)c2)CCCO1. The zero-order valence-corrected chi connectivity index (χ0v) is 11.1. The van der Waals surface area contributed by atoms with Gasteiger partial charge in [0.05, 0.1) is 16.3 Å². The first-order valence-corrected chi connectivity index (χ1v) is 6.35. The van der Waals surface area contributed by atoms with E-state index in [2.05, 4.69) is 5.32 Å². The summed E-state index contributed by atoms with van der Waals surface area (Å²) in [4.78, 5) is 11.9. The zero-order chi connectivity index (χ0) is 13.2. The number of nitrogens with one attached hydrogen (secondary N) is 1. The maximum Gasteiger partial charge on any atom is 0.251 e. The lowest BCUT2D eigenvalue weighted by Crippen LogP contribution is -2.40. The number of nitrogen functional groups attached to an aromatic ring is 1. The van der Waals surface area contributed by atoms with E-state index < -0.39 is 0 Å². The van der Waals surface area contributed by atoms with Crippen LogP contribution < -0.4 is 11.1 Å². The van der Waals surface area contributed by atoms with Crippen molar-refractivity contribution in [3.05, 3.63) is 28.8 Å². The molecule has 0 radical (unpaired) electrons. The summed E-state index contributed by atoms with van der Waals surface area (Å²) >= 11 is 5.81. The van der Waals surface area contributed by atoms with Gasteiger partial charge < -0.3 is 15.8 Å². The lowest BCUT2D eigenvalue weighted by atomic mass is 10.0. The van der Waals surface area contributed by atoms with Crippen molar-refractivity contribution in [1.82, 2.24) is 5.32 Å². The highest BCUT2D eigenvalue weighted by Crippen LogP contribution is 2.24. The molecule has 1 fully saturated rings. The molecule has 3 N–H and O–H groups in total. The number of amides is 1. The van der Waals surface area contributed by atoms with Crippen LogP contribution in [0.2, 0.25) is 5.02 Å². The van der Waals surface area contributed by atoms with E-state index in [4.69, 9.17) is 22.1 Å². The molecule has 1 aliphatic rings. The molecule has 4 nitrogen and oxygen atoms in total. The summed E-state index contributed by atoms with van der Waals surface area (Å²) in [5, 5.41) is 3.32. The quantitative estimate of drug-likeness (QED) is 0.826. The largest absolute Gasteiger partial charge is 0.398 e.